The zero-order valence-corrected chi connectivity index (χ0v) is 13.7. The van der Waals surface area contributed by atoms with Crippen molar-refractivity contribution in [1.82, 2.24) is 9.03 Å². The molecular weight excluding hydrogens is 288 g/mol. The molecule has 0 unspecified atom stereocenters. The van der Waals surface area contributed by atoms with Crippen molar-refractivity contribution in [2.75, 3.05) is 27.7 Å². The first-order chi connectivity index (χ1) is 9.89. The molecule has 0 bridgehead atoms. The number of nitrogens with zero attached hydrogens (tertiary/aromatic N) is 1. The Morgan fingerprint density at radius 2 is 1.76 bits per heavy atom. The summed E-state index contributed by atoms with van der Waals surface area (Å²) in [6, 6.07) is 7.98. The molecule has 2 rings (SSSR count). The zero-order valence-electron chi connectivity index (χ0n) is 12.9. The van der Waals surface area contributed by atoms with E-state index in [1.54, 1.807) is 7.11 Å². The van der Waals surface area contributed by atoms with Crippen molar-refractivity contribution in [3.05, 3.63) is 29.8 Å². The fourth-order valence-electron chi connectivity index (χ4n) is 2.92. The third-order valence-corrected chi connectivity index (χ3v) is 5.81. The Hall–Kier alpha value is -1.11. The van der Waals surface area contributed by atoms with E-state index in [0.717, 1.165) is 31.4 Å². The van der Waals surface area contributed by atoms with Crippen molar-refractivity contribution < 1.29 is 13.2 Å². The topological polar surface area (TPSA) is 58.6 Å². The Morgan fingerprint density at radius 1 is 1.19 bits per heavy atom. The van der Waals surface area contributed by atoms with E-state index in [2.05, 4.69) is 4.72 Å². The van der Waals surface area contributed by atoms with E-state index in [1.807, 2.05) is 24.3 Å². The van der Waals surface area contributed by atoms with Crippen LogP contribution in [0.3, 0.4) is 0 Å². The van der Waals surface area contributed by atoms with Gasteiger partial charge >= 0.3 is 0 Å². The van der Waals surface area contributed by atoms with Gasteiger partial charge in [-0.15, -0.1) is 0 Å². The summed E-state index contributed by atoms with van der Waals surface area (Å²) >= 11 is 0. The van der Waals surface area contributed by atoms with Crippen LogP contribution in [0.4, 0.5) is 0 Å². The van der Waals surface area contributed by atoms with Crippen LogP contribution in [0, 0.1) is 0 Å². The van der Waals surface area contributed by atoms with E-state index in [0.29, 0.717) is 6.54 Å². The van der Waals surface area contributed by atoms with Gasteiger partial charge in [0.05, 0.1) is 7.11 Å². The SMILES string of the molecule is COc1ccc(C2(CNS(=O)(=O)N(C)C)CCCC2)cc1. The maximum Gasteiger partial charge on any atom is 0.278 e. The zero-order chi connectivity index (χ0) is 15.5. The van der Waals surface area contributed by atoms with Gasteiger partial charge in [0.2, 0.25) is 0 Å². The number of nitrogens with one attached hydrogen (secondary N) is 1. The van der Waals surface area contributed by atoms with E-state index in [1.165, 1.54) is 24.0 Å². The molecule has 1 aromatic carbocycles. The van der Waals surface area contributed by atoms with E-state index in [-0.39, 0.29) is 5.41 Å². The normalized spacial score (nSPS) is 18.1. The Kier molecular flexibility index (Phi) is 4.91. The van der Waals surface area contributed by atoms with Gasteiger partial charge in [-0.1, -0.05) is 25.0 Å². The summed E-state index contributed by atoms with van der Waals surface area (Å²) in [7, 11) is 1.34. The lowest BCUT2D eigenvalue weighted by Crippen LogP contribution is -2.43. The first-order valence-corrected chi connectivity index (χ1v) is 8.65. The Balaban J connectivity index is 2.20. The Bertz CT molecular complexity index is 561. The average molecular weight is 312 g/mol. The van der Waals surface area contributed by atoms with Crippen molar-refractivity contribution in [3.8, 4) is 5.75 Å². The number of hydrogen-bond acceptors (Lipinski definition) is 3. The summed E-state index contributed by atoms with van der Waals surface area (Å²) < 4.78 is 33.1. The molecule has 0 aliphatic heterocycles. The smallest absolute Gasteiger partial charge is 0.278 e. The van der Waals surface area contributed by atoms with Crippen molar-refractivity contribution >= 4 is 10.2 Å². The predicted molar refractivity (Wildman–Crippen MR) is 83.7 cm³/mol. The van der Waals surface area contributed by atoms with E-state index < -0.39 is 10.2 Å². The fourth-order valence-corrected chi connectivity index (χ4v) is 3.64. The first kappa shape index (κ1) is 16.3. The van der Waals surface area contributed by atoms with E-state index in [9.17, 15) is 8.42 Å². The highest BCUT2D eigenvalue weighted by Gasteiger charge is 2.36. The molecule has 1 N–H and O–H groups in total. The number of rotatable bonds is 6. The minimum absolute atomic E-state index is 0.102. The molecular formula is C15H24N2O3S. The highest BCUT2D eigenvalue weighted by Crippen LogP contribution is 2.41. The second-order valence-corrected chi connectivity index (χ2v) is 7.79. The number of methoxy groups -OCH3 is 1. The van der Waals surface area contributed by atoms with Gasteiger partial charge in [0.1, 0.15) is 5.75 Å². The average Bonchev–Trinajstić information content (AvgIpc) is 2.95. The Morgan fingerprint density at radius 3 is 2.24 bits per heavy atom. The maximum atomic E-state index is 12.0. The molecule has 0 amide bonds. The van der Waals surface area contributed by atoms with Gasteiger partial charge in [-0.05, 0) is 30.5 Å². The molecule has 1 aromatic rings. The molecule has 6 heteroatoms. The summed E-state index contributed by atoms with van der Waals surface area (Å²) in [4.78, 5) is 0. The summed E-state index contributed by atoms with van der Waals surface area (Å²) in [5.41, 5.74) is 1.08. The van der Waals surface area contributed by atoms with Crippen LogP contribution in [0.1, 0.15) is 31.2 Å². The number of hydrogen-bond donors (Lipinski definition) is 1. The molecule has 5 nitrogen and oxygen atoms in total. The molecule has 0 atom stereocenters. The van der Waals surface area contributed by atoms with Gasteiger partial charge < -0.3 is 4.74 Å². The molecule has 0 aromatic heterocycles. The third-order valence-electron chi connectivity index (χ3n) is 4.34. The lowest BCUT2D eigenvalue weighted by atomic mass is 9.79. The van der Waals surface area contributed by atoms with Crippen LogP contribution >= 0.6 is 0 Å². The molecule has 0 spiro atoms. The van der Waals surface area contributed by atoms with Crippen LogP contribution < -0.4 is 9.46 Å². The van der Waals surface area contributed by atoms with Gasteiger partial charge in [-0.25, -0.2) is 4.72 Å². The number of benzene rings is 1. The lowest BCUT2D eigenvalue weighted by molar-refractivity contribution is 0.408. The monoisotopic (exact) mass is 312 g/mol. The van der Waals surface area contributed by atoms with Gasteiger partial charge in [0, 0.05) is 26.1 Å². The summed E-state index contributed by atoms with van der Waals surface area (Å²) in [5, 5.41) is 0. The van der Waals surface area contributed by atoms with Crippen LogP contribution in [0.15, 0.2) is 24.3 Å². The molecule has 0 heterocycles. The quantitative estimate of drug-likeness (QED) is 0.873. The van der Waals surface area contributed by atoms with Crippen molar-refractivity contribution in [1.29, 1.82) is 0 Å². The molecule has 118 valence electrons. The molecule has 1 aliphatic rings. The summed E-state index contributed by atoms with van der Waals surface area (Å²) in [5.74, 6) is 0.820. The van der Waals surface area contributed by atoms with Crippen molar-refractivity contribution in [2.45, 2.75) is 31.1 Å². The minimum Gasteiger partial charge on any atom is -0.497 e. The summed E-state index contributed by atoms with van der Waals surface area (Å²) in [6.45, 7) is 0.444. The second kappa shape index (κ2) is 6.34. The second-order valence-electron chi connectivity index (χ2n) is 5.82. The third kappa shape index (κ3) is 3.56. The van der Waals surface area contributed by atoms with Gasteiger partial charge in [-0.3, -0.25) is 0 Å². The molecule has 21 heavy (non-hydrogen) atoms. The largest absolute Gasteiger partial charge is 0.497 e. The van der Waals surface area contributed by atoms with Crippen LogP contribution in [0.25, 0.3) is 0 Å². The molecule has 1 aliphatic carbocycles. The van der Waals surface area contributed by atoms with Crippen molar-refractivity contribution in [3.63, 3.8) is 0 Å². The predicted octanol–water partition coefficient (Wildman–Crippen LogP) is 1.90. The van der Waals surface area contributed by atoms with Crippen LogP contribution in [-0.2, 0) is 15.6 Å². The fraction of sp³-hybridized carbons (Fsp3) is 0.600. The highest BCUT2D eigenvalue weighted by molar-refractivity contribution is 7.87. The Labute approximate surface area is 127 Å². The van der Waals surface area contributed by atoms with Gasteiger partial charge in [0.15, 0.2) is 0 Å². The minimum atomic E-state index is -3.39. The van der Waals surface area contributed by atoms with Crippen molar-refractivity contribution in [2.24, 2.45) is 0 Å². The highest BCUT2D eigenvalue weighted by atomic mass is 32.2. The summed E-state index contributed by atoms with van der Waals surface area (Å²) in [6.07, 6.45) is 4.29. The molecule has 0 saturated heterocycles. The van der Waals surface area contributed by atoms with Crippen LogP contribution in [0.5, 0.6) is 5.75 Å². The number of ether oxygens (including phenoxy) is 1. The van der Waals surface area contributed by atoms with Gasteiger partial charge in [0.25, 0.3) is 10.2 Å². The maximum absolute atomic E-state index is 12.0. The molecule has 1 fully saturated rings. The molecule has 0 radical (unpaired) electrons. The van der Waals surface area contributed by atoms with Crippen LogP contribution in [0.2, 0.25) is 0 Å². The molecule has 1 saturated carbocycles. The first-order valence-electron chi connectivity index (χ1n) is 7.21. The van der Waals surface area contributed by atoms with Gasteiger partial charge in [-0.2, -0.15) is 12.7 Å². The standard InChI is InChI=1S/C15H24N2O3S/c1-17(2)21(18,19)16-12-15(10-4-5-11-15)13-6-8-14(20-3)9-7-13/h6-9,16H,4-5,10-12H2,1-3H3. The van der Waals surface area contributed by atoms with E-state index >= 15 is 0 Å². The van der Waals surface area contributed by atoms with E-state index in [4.69, 9.17) is 4.74 Å². The lowest BCUT2D eigenvalue weighted by Gasteiger charge is -2.30. The van der Waals surface area contributed by atoms with Crippen LogP contribution in [-0.4, -0.2) is 40.5 Å².